The Morgan fingerprint density at radius 2 is 2.20 bits per heavy atom. The second kappa shape index (κ2) is 5.73. The van der Waals surface area contributed by atoms with Crippen molar-refractivity contribution in [2.75, 3.05) is 12.3 Å². The molecule has 2 rings (SSSR count). The lowest BCUT2D eigenvalue weighted by Gasteiger charge is -2.08. The Hall–Kier alpha value is -1.71. The molecule has 0 bridgehead atoms. The molecule has 10 heteroatoms. The zero-order valence-electron chi connectivity index (χ0n) is 10.0. The number of aromatic nitrogens is 2. The van der Waals surface area contributed by atoms with E-state index in [2.05, 4.69) is 19.4 Å². The minimum absolute atomic E-state index is 0.0372. The van der Waals surface area contributed by atoms with Gasteiger partial charge in [-0.2, -0.15) is 4.98 Å². The van der Waals surface area contributed by atoms with E-state index in [0.29, 0.717) is 5.82 Å². The first-order chi connectivity index (χ1) is 9.40. The summed E-state index contributed by atoms with van der Waals surface area (Å²) >= 11 is 5.71. The molecule has 1 heterocycles. The largest absolute Gasteiger partial charge is 0.396 e. The number of nitrogen functional groups attached to an aromatic ring is 1. The molecule has 3 N–H and O–H groups in total. The molecule has 1 aromatic carbocycles. The molecule has 7 nitrogen and oxygen atoms in total. The molecule has 2 aromatic rings. The molecule has 0 unspecified atom stereocenters. The molecule has 0 radical (unpaired) electrons. The van der Waals surface area contributed by atoms with Crippen LogP contribution in [0.3, 0.4) is 0 Å². The fourth-order valence-electron chi connectivity index (χ4n) is 1.43. The van der Waals surface area contributed by atoms with E-state index in [1.807, 2.05) is 0 Å². The number of hydrogen-bond acceptors (Lipinski definition) is 6. The molecule has 108 valence electrons. The van der Waals surface area contributed by atoms with Crippen LogP contribution >= 0.6 is 11.6 Å². The highest BCUT2D eigenvalue weighted by atomic mass is 35.5. The average Bonchev–Trinajstić information content (AvgIpc) is 2.86. The van der Waals surface area contributed by atoms with Crippen molar-refractivity contribution < 1.29 is 17.3 Å². The maximum atomic E-state index is 13.1. The molecule has 0 amide bonds. The third-order valence-electron chi connectivity index (χ3n) is 2.39. The first kappa shape index (κ1) is 14.7. The van der Waals surface area contributed by atoms with E-state index in [4.69, 9.17) is 17.3 Å². The zero-order chi connectivity index (χ0) is 14.8. The molecule has 0 atom stereocenters. The molecule has 0 aliphatic heterocycles. The number of halogens is 2. The summed E-state index contributed by atoms with van der Waals surface area (Å²) in [6.07, 6.45) is 1.38. The first-order valence-electron chi connectivity index (χ1n) is 5.39. The minimum Gasteiger partial charge on any atom is -0.396 e. The molecule has 0 saturated heterocycles. The van der Waals surface area contributed by atoms with Gasteiger partial charge in [-0.1, -0.05) is 16.8 Å². The summed E-state index contributed by atoms with van der Waals surface area (Å²) in [7, 11) is -3.90. The van der Waals surface area contributed by atoms with Gasteiger partial charge in [0, 0.05) is 13.0 Å². The quantitative estimate of drug-likeness (QED) is 0.794. The van der Waals surface area contributed by atoms with Crippen molar-refractivity contribution in [3.05, 3.63) is 35.2 Å². The Balaban J connectivity index is 2.12. The van der Waals surface area contributed by atoms with E-state index in [1.165, 1.54) is 0 Å². The van der Waals surface area contributed by atoms with Gasteiger partial charge in [-0.3, -0.25) is 0 Å². The average molecular weight is 321 g/mol. The van der Waals surface area contributed by atoms with Gasteiger partial charge >= 0.3 is 0 Å². The van der Waals surface area contributed by atoms with Crippen LogP contribution in [0.1, 0.15) is 5.82 Å². The summed E-state index contributed by atoms with van der Waals surface area (Å²) in [5.74, 6) is -0.418. The minimum atomic E-state index is -3.90. The number of hydrogen-bond donors (Lipinski definition) is 2. The Morgan fingerprint density at radius 3 is 2.85 bits per heavy atom. The topological polar surface area (TPSA) is 111 Å². The molecule has 0 saturated carbocycles. The number of sulfonamides is 1. The van der Waals surface area contributed by atoms with Crippen LogP contribution in [0.15, 0.2) is 27.9 Å². The monoisotopic (exact) mass is 320 g/mol. The SMILES string of the molecule is Nc1cc(S(=O)(=O)NCCc2ncon2)c(Cl)cc1F. The number of nitrogens with zero attached hydrogens (tertiary/aromatic N) is 2. The molecule has 0 fully saturated rings. The van der Waals surface area contributed by atoms with Gasteiger partial charge in [-0.15, -0.1) is 0 Å². The third kappa shape index (κ3) is 3.24. The summed E-state index contributed by atoms with van der Waals surface area (Å²) in [6.45, 7) is 0.0372. The van der Waals surface area contributed by atoms with Crippen molar-refractivity contribution in [1.29, 1.82) is 0 Å². The van der Waals surface area contributed by atoms with E-state index in [1.54, 1.807) is 0 Å². The van der Waals surface area contributed by atoms with Crippen LogP contribution in [0.5, 0.6) is 0 Å². The number of anilines is 1. The number of benzene rings is 1. The molecular formula is C10H10ClFN4O3S. The lowest BCUT2D eigenvalue weighted by atomic mass is 10.3. The van der Waals surface area contributed by atoms with Gasteiger partial charge in [0.25, 0.3) is 0 Å². The van der Waals surface area contributed by atoms with Crippen LogP contribution in [0.25, 0.3) is 0 Å². The predicted molar refractivity (Wildman–Crippen MR) is 69.0 cm³/mol. The van der Waals surface area contributed by atoms with E-state index in [9.17, 15) is 12.8 Å². The highest BCUT2D eigenvalue weighted by Crippen LogP contribution is 2.26. The van der Waals surface area contributed by atoms with E-state index in [0.717, 1.165) is 18.5 Å². The van der Waals surface area contributed by atoms with Crippen molar-refractivity contribution >= 4 is 27.3 Å². The summed E-state index contributed by atoms with van der Waals surface area (Å²) in [5, 5.41) is 3.29. The van der Waals surface area contributed by atoms with Crippen LogP contribution in [0.4, 0.5) is 10.1 Å². The van der Waals surface area contributed by atoms with Gasteiger partial charge in [-0.25, -0.2) is 17.5 Å². The van der Waals surface area contributed by atoms with Crippen molar-refractivity contribution in [3.8, 4) is 0 Å². The summed E-state index contributed by atoms with van der Waals surface area (Å²) in [4.78, 5) is 3.46. The zero-order valence-corrected chi connectivity index (χ0v) is 11.6. The van der Waals surface area contributed by atoms with Gasteiger partial charge in [0.2, 0.25) is 16.4 Å². The highest BCUT2D eigenvalue weighted by molar-refractivity contribution is 7.89. The van der Waals surface area contributed by atoms with E-state index < -0.39 is 15.8 Å². The molecular weight excluding hydrogens is 311 g/mol. The smallest absolute Gasteiger partial charge is 0.242 e. The summed E-state index contributed by atoms with van der Waals surface area (Å²) < 4.78 is 43.9. The summed E-state index contributed by atoms with van der Waals surface area (Å²) in [5.41, 5.74) is 5.04. The van der Waals surface area contributed by atoms with Crippen LogP contribution < -0.4 is 10.5 Å². The molecule has 0 aliphatic carbocycles. The van der Waals surface area contributed by atoms with Crippen LogP contribution in [-0.2, 0) is 16.4 Å². The molecule has 20 heavy (non-hydrogen) atoms. The molecule has 1 aromatic heterocycles. The van der Waals surface area contributed by atoms with Crippen LogP contribution in [0, 0.1) is 5.82 Å². The number of nitrogens with one attached hydrogen (secondary N) is 1. The van der Waals surface area contributed by atoms with Gasteiger partial charge in [-0.05, 0) is 12.1 Å². The highest BCUT2D eigenvalue weighted by Gasteiger charge is 2.19. The van der Waals surface area contributed by atoms with Crippen molar-refractivity contribution in [2.24, 2.45) is 0 Å². The van der Waals surface area contributed by atoms with E-state index in [-0.39, 0.29) is 28.6 Å². The fraction of sp³-hybridized carbons (Fsp3) is 0.200. The number of rotatable bonds is 5. The maximum absolute atomic E-state index is 13.1. The van der Waals surface area contributed by atoms with Gasteiger partial charge in [0.15, 0.2) is 5.82 Å². The van der Waals surface area contributed by atoms with Crippen LogP contribution in [0.2, 0.25) is 5.02 Å². The van der Waals surface area contributed by atoms with Gasteiger partial charge < -0.3 is 10.3 Å². The Kier molecular flexibility index (Phi) is 4.21. The second-order valence-corrected chi connectivity index (χ2v) is 5.94. The maximum Gasteiger partial charge on any atom is 0.242 e. The first-order valence-corrected chi connectivity index (χ1v) is 7.25. The molecule has 0 aliphatic rings. The van der Waals surface area contributed by atoms with Crippen molar-refractivity contribution in [2.45, 2.75) is 11.3 Å². The lowest BCUT2D eigenvalue weighted by molar-refractivity contribution is 0.410. The summed E-state index contributed by atoms with van der Waals surface area (Å²) in [6, 6.07) is 1.82. The lowest BCUT2D eigenvalue weighted by Crippen LogP contribution is -2.26. The molecule has 0 spiro atoms. The van der Waals surface area contributed by atoms with E-state index >= 15 is 0 Å². The predicted octanol–water partition coefficient (Wildman–Crippen LogP) is 0.965. The van der Waals surface area contributed by atoms with Crippen molar-refractivity contribution in [1.82, 2.24) is 14.9 Å². The van der Waals surface area contributed by atoms with Gasteiger partial charge in [0.05, 0.1) is 10.7 Å². The Morgan fingerprint density at radius 1 is 1.45 bits per heavy atom. The normalized spacial score (nSPS) is 11.7. The van der Waals surface area contributed by atoms with Crippen LogP contribution in [-0.4, -0.2) is 25.1 Å². The Bertz CT molecular complexity index is 706. The van der Waals surface area contributed by atoms with Gasteiger partial charge in [0.1, 0.15) is 10.7 Å². The third-order valence-corrected chi connectivity index (χ3v) is 4.31. The Labute approximate surface area is 119 Å². The second-order valence-electron chi connectivity index (χ2n) is 3.80. The standard InChI is InChI=1S/C10H10ClFN4O3S/c11-6-3-7(12)8(13)4-9(6)20(17,18)15-2-1-10-14-5-19-16-10/h3-5,15H,1-2,13H2. The fourth-order valence-corrected chi connectivity index (χ4v) is 3.01. The van der Waals surface area contributed by atoms with Crippen molar-refractivity contribution in [3.63, 3.8) is 0 Å². The number of nitrogens with two attached hydrogens (primary N) is 1.